The minimum atomic E-state index is 0. The summed E-state index contributed by atoms with van der Waals surface area (Å²) in [6.07, 6.45) is 1.77. The van der Waals surface area contributed by atoms with Gasteiger partial charge in [0.25, 0.3) is 0 Å². The van der Waals surface area contributed by atoms with Gasteiger partial charge in [0.05, 0.1) is 5.51 Å². The summed E-state index contributed by atoms with van der Waals surface area (Å²) in [4.78, 5) is 3.74. The van der Waals surface area contributed by atoms with E-state index in [1.807, 2.05) is 5.38 Å². The molecule has 9 heavy (non-hydrogen) atoms. The van der Waals surface area contributed by atoms with Crippen molar-refractivity contribution in [2.75, 3.05) is 0 Å². The first kappa shape index (κ1) is 16.3. The number of hydrogen-bond donors (Lipinski definition) is 0. The predicted octanol–water partition coefficient (Wildman–Crippen LogP) is 3.26. The fourth-order valence-electron chi connectivity index (χ4n) is 0.176. The maximum atomic E-state index is 4.61. The van der Waals surface area contributed by atoms with Crippen molar-refractivity contribution in [3.8, 4) is 0 Å². The molecule has 0 spiro atoms. The van der Waals surface area contributed by atoms with E-state index < -0.39 is 0 Å². The van der Waals surface area contributed by atoms with Crippen LogP contribution >= 0.6 is 20.8 Å². The molecule has 0 amide bonds. The average Bonchev–Trinajstić information content (AvgIpc) is 2.23. The number of thiazole rings is 1. The smallest absolute Gasteiger partial charge is 0.0791 e. The molecule has 1 aromatic rings. The number of aromatic nitrogens is 1. The topological polar surface area (TPSA) is 79.9 Å². The molecular weight excluding hydrogens is 341 g/mol. The summed E-state index contributed by atoms with van der Waals surface area (Å²) in [5.74, 6) is 0. The maximum Gasteiger partial charge on any atom is 0.0791 e. The van der Waals surface area contributed by atoms with Crippen molar-refractivity contribution < 1.29 is 18.8 Å². The Labute approximate surface area is 73.8 Å². The second-order valence-corrected chi connectivity index (χ2v) is 1.43. The van der Waals surface area contributed by atoms with E-state index in [9.17, 15) is 0 Å². The van der Waals surface area contributed by atoms with Gasteiger partial charge in [0.1, 0.15) is 0 Å². The van der Waals surface area contributed by atoms with E-state index in [1.165, 1.54) is 0 Å². The quantitative estimate of drug-likeness (QED) is 0.709. The molecule has 0 saturated heterocycles. The normalized spacial score (nSPS) is 5.22. The summed E-state index contributed by atoms with van der Waals surface area (Å²) >= 11 is 3.21. The van der Waals surface area contributed by atoms with E-state index in [0.717, 1.165) is 0 Å². The van der Waals surface area contributed by atoms with E-state index in [1.54, 1.807) is 41.8 Å². The van der Waals surface area contributed by atoms with Gasteiger partial charge in [-0.05, 0) is 0 Å². The zero-order valence-electron chi connectivity index (χ0n) is 4.44. The maximum absolute atomic E-state index is 4.61. The summed E-state index contributed by atoms with van der Waals surface area (Å²) < 4.78 is 0. The second-order valence-electron chi connectivity index (χ2n) is 0.676. The Bertz CT molecular complexity index is 75.5. The van der Waals surface area contributed by atoms with Gasteiger partial charge in [0, 0.05) is 11.6 Å². The van der Waals surface area contributed by atoms with E-state index in [2.05, 4.69) is 14.4 Å². The van der Waals surface area contributed by atoms with Gasteiger partial charge in [0.2, 0.25) is 0 Å². The van der Waals surface area contributed by atoms with E-state index in [-0.39, 0.29) is 12.3 Å². The average molecular weight is 348 g/mol. The number of rotatable bonds is 0. The molecule has 58 valence electrons. The van der Waals surface area contributed by atoms with Crippen LogP contribution in [-0.2, 0) is 18.8 Å². The first-order valence-electron chi connectivity index (χ1n) is 1.44. The molecule has 0 bridgehead atoms. The molecule has 3 nitrogen and oxygen atoms in total. The van der Waals surface area contributed by atoms with Gasteiger partial charge in [-0.15, -0.1) is 11.3 Å². The molecule has 0 aromatic carbocycles. The van der Waals surface area contributed by atoms with Crippen LogP contribution in [-0.4, -0.2) is 4.98 Å². The third kappa shape index (κ3) is 11.9. The molecule has 0 fully saturated rings. The monoisotopic (exact) mass is 347 g/mol. The zero-order chi connectivity index (χ0) is 5.54. The van der Waals surface area contributed by atoms with E-state index in [4.69, 9.17) is 0 Å². The Morgan fingerprint density at radius 1 is 1.33 bits per heavy atom. The number of halogens is 1. The fourth-order valence-corrected chi connectivity index (χ4v) is 0.527. The van der Waals surface area contributed by atoms with Crippen molar-refractivity contribution >= 4 is 20.8 Å². The largest absolute Gasteiger partial charge is 0.693 e. The number of hydrogen-bond acceptors (Lipinski definition) is 2. The van der Waals surface area contributed by atoms with Gasteiger partial charge >= 0.3 is 28.2 Å². The summed E-state index contributed by atoms with van der Waals surface area (Å²) in [5.41, 5.74) is 1.79. The van der Waals surface area contributed by atoms with Crippen molar-refractivity contribution in [2.45, 2.75) is 0 Å². The third-order valence-electron chi connectivity index (χ3n) is 0.347. The number of nitrogens with two attached hydrogens (primary N) is 2. The first-order chi connectivity index (χ1) is 3.50. The van der Waals surface area contributed by atoms with Crippen molar-refractivity contribution in [2.24, 2.45) is 0 Å². The number of nitrogens with zero attached hydrogens (tertiary/aromatic N) is 1. The summed E-state index contributed by atoms with van der Waals surface area (Å²) in [7, 11) is 4.61. The molecule has 0 atom stereocenters. The van der Waals surface area contributed by atoms with Crippen LogP contribution in [0.1, 0.15) is 0 Å². The Morgan fingerprint density at radius 3 is 2.00 bits per heavy atom. The summed E-state index contributed by atoms with van der Waals surface area (Å²) in [6, 6.07) is 0. The molecule has 1 heterocycles. The second kappa shape index (κ2) is 15.8. The first-order valence-corrected chi connectivity index (χ1v) is 5.20. The van der Waals surface area contributed by atoms with Crippen LogP contribution in [0.3, 0.4) is 0 Å². The van der Waals surface area contributed by atoms with Crippen LogP contribution in [0.15, 0.2) is 17.1 Å². The summed E-state index contributed by atoms with van der Waals surface area (Å²) in [6.45, 7) is 0. The van der Waals surface area contributed by atoms with Crippen LogP contribution in [0.4, 0.5) is 0 Å². The molecule has 0 radical (unpaired) electrons. The Morgan fingerprint density at radius 2 is 1.89 bits per heavy atom. The van der Waals surface area contributed by atoms with Crippen LogP contribution < -0.4 is 0 Å². The zero-order valence-corrected chi connectivity index (χ0v) is 8.28. The molecular formula is C3H7ClN3PtS-. The molecule has 0 aliphatic heterocycles. The molecule has 6 heteroatoms. The van der Waals surface area contributed by atoms with Gasteiger partial charge < -0.3 is 12.3 Å². The van der Waals surface area contributed by atoms with Crippen LogP contribution in [0.25, 0.3) is 12.3 Å². The molecule has 4 N–H and O–H groups in total. The third-order valence-corrected chi connectivity index (χ3v) is 0.869. The Hall–Kier alpha value is 0.528. The van der Waals surface area contributed by atoms with Gasteiger partial charge in [0.15, 0.2) is 0 Å². The predicted molar refractivity (Wildman–Crippen MR) is 38.5 cm³/mol. The SMILES string of the molecule is [Cl][Pt+].[NH2-].[NH2-].c1cscn1. The molecule has 0 aliphatic rings. The Balaban J connectivity index is -0.0000000836. The van der Waals surface area contributed by atoms with Crippen LogP contribution in [0.2, 0.25) is 0 Å². The van der Waals surface area contributed by atoms with Gasteiger partial charge in [-0.2, -0.15) is 0 Å². The van der Waals surface area contributed by atoms with E-state index >= 15 is 0 Å². The standard InChI is InChI=1S/C3H3NS.ClH.2H2N.Pt/c1-2-5-3-4-1;;;;/h1-3H;1H;2*1H2;/q;;2*-1;+2/p-1. The van der Waals surface area contributed by atoms with Crippen molar-refractivity contribution in [1.82, 2.24) is 4.98 Å². The fraction of sp³-hybridized carbons (Fsp3) is 0. The molecule has 1 rings (SSSR count). The summed E-state index contributed by atoms with van der Waals surface area (Å²) in [5, 5.41) is 1.93. The molecule has 1 aromatic heterocycles. The Kier molecular flexibility index (Phi) is 28.6. The van der Waals surface area contributed by atoms with Gasteiger partial charge in [-0.3, -0.25) is 4.98 Å². The molecule has 0 unspecified atom stereocenters. The molecule has 0 saturated carbocycles. The van der Waals surface area contributed by atoms with Crippen LogP contribution in [0.5, 0.6) is 0 Å². The van der Waals surface area contributed by atoms with Crippen molar-refractivity contribution in [3.63, 3.8) is 0 Å². The van der Waals surface area contributed by atoms with Crippen molar-refractivity contribution in [3.05, 3.63) is 29.4 Å². The van der Waals surface area contributed by atoms with Gasteiger partial charge in [-0.1, -0.05) is 0 Å². The van der Waals surface area contributed by atoms with Crippen LogP contribution in [0, 0.1) is 0 Å². The molecule has 0 aliphatic carbocycles. The van der Waals surface area contributed by atoms with E-state index in [0.29, 0.717) is 0 Å². The minimum Gasteiger partial charge on any atom is -0.693 e. The van der Waals surface area contributed by atoms with Gasteiger partial charge in [-0.25, -0.2) is 0 Å². The minimum absolute atomic E-state index is 0. The van der Waals surface area contributed by atoms with Crippen molar-refractivity contribution in [1.29, 1.82) is 0 Å².